The minimum Gasteiger partial charge on any atom is -0.480 e. The first-order chi connectivity index (χ1) is 16.6. The van der Waals surface area contributed by atoms with E-state index in [0.29, 0.717) is 6.42 Å². The van der Waals surface area contributed by atoms with Gasteiger partial charge in [-0.2, -0.15) is 0 Å². The molecule has 2 N–H and O–H groups in total. The summed E-state index contributed by atoms with van der Waals surface area (Å²) in [6, 6.07) is 14.3. The number of fused-ring (bicyclic) bond motifs is 3. The fourth-order valence-electron chi connectivity index (χ4n) is 4.93. The van der Waals surface area contributed by atoms with Crippen LogP contribution in [0.5, 0.6) is 0 Å². The summed E-state index contributed by atoms with van der Waals surface area (Å²) in [5.41, 5.74) is 4.23. The first-order valence-corrected chi connectivity index (χ1v) is 12.2. The molecule has 2 atom stereocenters. The van der Waals surface area contributed by atoms with Crippen molar-refractivity contribution in [1.29, 1.82) is 0 Å². The molecule has 0 aliphatic heterocycles. The van der Waals surface area contributed by atoms with Crippen LogP contribution in [0.1, 0.15) is 64.0 Å². The van der Waals surface area contributed by atoms with Gasteiger partial charge in [0.2, 0.25) is 5.91 Å². The molecule has 2 aromatic carbocycles. The van der Waals surface area contributed by atoms with Crippen LogP contribution in [-0.2, 0) is 14.3 Å². The number of carboxylic acid groups (broad SMARTS) is 1. The Hall–Kier alpha value is -3.35. The van der Waals surface area contributed by atoms with Crippen molar-refractivity contribution in [2.45, 2.75) is 71.0 Å². The zero-order chi connectivity index (χ0) is 25.3. The molecule has 2 amide bonds. The van der Waals surface area contributed by atoms with Crippen LogP contribution < -0.4 is 5.32 Å². The second kappa shape index (κ2) is 9.72. The maximum absolute atomic E-state index is 13.5. The maximum atomic E-state index is 13.5. The topological polar surface area (TPSA) is 95.9 Å². The first kappa shape index (κ1) is 24.8. The number of benzene rings is 2. The van der Waals surface area contributed by atoms with Crippen molar-refractivity contribution < 1.29 is 24.2 Å². The normalized spacial score (nSPS) is 16.6. The van der Waals surface area contributed by atoms with E-state index in [4.69, 9.17) is 4.74 Å². The van der Waals surface area contributed by atoms with Crippen molar-refractivity contribution in [3.05, 3.63) is 59.7 Å². The fourth-order valence-corrected chi connectivity index (χ4v) is 4.93. The second-order valence-electron chi connectivity index (χ2n) is 10.8. The predicted molar refractivity (Wildman–Crippen MR) is 133 cm³/mol. The Kier molecular flexibility index (Phi) is 6.88. The molecule has 0 bridgehead atoms. The smallest absolute Gasteiger partial charge is 0.407 e. The Morgan fingerprint density at radius 2 is 1.57 bits per heavy atom. The van der Waals surface area contributed by atoms with E-state index in [1.807, 2.05) is 57.2 Å². The quantitative estimate of drug-likeness (QED) is 0.569. The van der Waals surface area contributed by atoms with E-state index in [1.165, 1.54) is 11.8 Å². The van der Waals surface area contributed by atoms with Crippen molar-refractivity contribution in [2.24, 2.45) is 5.41 Å². The fraction of sp³-hybridized carbons (Fsp3) is 0.464. The molecule has 2 unspecified atom stereocenters. The lowest BCUT2D eigenvalue weighted by Gasteiger charge is -2.33. The van der Waals surface area contributed by atoms with E-state index in [1.54, 1.807) is 0 Å². The van der Waals surface area contributed by atoms with Crippen LogP contribution in [0.2, 0.25) is 0 Å². The van der Waals surface area contributed by atoms with Gasteiger partial charge in [0.25, 0.3) is 0 Å². The van der Waals surface area contributed by atoms with Gasteiger partial charge in [-0.25, -0.2) is 9.59 Å². The van der Waals surface area contributed by atoms with Gasteiger partial charge >= 0.3 is 12.1 Å². The Morgan fingerprint density at radius 3 is 2.06 bits per heavy atom. The summed E-state index contributed by atoms with van der Waals surface area (Å²) in [7, 11) is 0. The van der Waals surface area contributed by atoms with Crippen LogP contribution in [-0.4, -0.2) is 52.7 Å². The zero-order valence-electron chi connectivity index (χ0n) is 20.8. The molecule has 0 radical (unpaired) electrons. The highest BCUT2D eigenvalue weighted by molar-refractivity contribution is 5.90. The maximum Gasteiger partial charge on any atom is 0.407 e. The van der Waals surface area contributed by atoms with Crippen molar-refractivity contribution in [3.8, 4) is 11.1 Å². The van der Waals surface area contributed by atoms with Crippen LogP contribution in [0, 0.1) is 5.41 Å². The summed E-state index contributed by atoms with van der Waals surface area (Å²) in [5, 5.41) is 12.3. The molecular formula is C28H34N2O5. The number of nitrogens with zero attached hydrogens (tertiary/aromatic N) is 1. The summed E-state index contributed by atoms with van der Waals surface area (Å²) in [4.78, 5) is 39.5. The molecule has 0 spiro atoms. The summed E-state index contributed by atoms with van der Waals surface area (Å²) in [6.45, 7) is 7.60. The number of nitrogens with one attached hydrogen (secondary N) is 1. The summed E-state index contributed by atoms with van der Waals surface area (Å²) >= 11 is 0. The molecule has 7 heteroatoms. The summed E-state index contributed by atoms with van der Waals surface area (Å²) < 4.78 is 5.66. The highest BCUT2D eigenvalue weighted by Gasteiger charge is 2.42. The van der Waals surface area contributed by atoms with Gasteiger partial charge in [-0.05, 0) is 53.9 Å². The van der Waals surface area contributed by atoms with Crippen molar-refractivity contribution >= 4 is 18.0 Å². The molecule has 0 saturated heterocycles. The molecule has 2 aliphatic carbocycles. The van der Waals surface area contributed by atoms with E-state index in [-0.39, 0.29) is 29.9 Å². The number of carboxylic acids is 1. The molecule has 1 saturated carbocycles. The van der Waals surface area contributed by atoms with Crippen molar-refractivity contribution in [1.82, 2.24) is 10.2 Å². The number of alkyl carbamates (subject to hydrolysis) is 1. The highest BCUT2D eigenvalue weighted by Crippen LogP contribution is 2.44. The third-order valence-corrected chi connectivity index (χ3v) is 6.72. The Labute approximate surface area is 206 Å². The van der Waals surface area contributed by atoms with Gasteiger partial charge in [0.1, 0.15) is 18.7 Å². The number of hydrogen-bond acceptors (Lipinski definition) is 4. The Morgan fingerprint density at radius 1 is 1.03 bits per heavy atom. The largest absolute Gasteiger partial charge is 0.480 e. The Bertz CT molecular complexity index is 1070. The number of aliphatic carboxylic acids is 1. The zero-order valence-corrected chi connectivity index (χ0v) is 20.8. The van der Waals surface area contributed by atoms with Gasteiger partial charge in [-0.1, -0.05) is 69.3 Å². The average molecular weight is 479 g/mol. The molecule has 0 aromatic heterocycles. The third kappa shape index (κ3) is 5.50. The number of ether oxygens (including phenoxy) is 1. The molecule has 4 rings (SSSR count). The molecule has 1 fully saturated rings. The van der Waals surface area contributed by atoms with Crippen molar-refractivity contribution in [3.63, 3.8) is 0 Å². The van der Waals surface area contributed by atoms with Gasteiger partial charge in [-0.15, -0.1) is 0 Å². The number of amides is 2. The van der Waals surface area contributed by atoms with Gasteiger partial charge in [0, 0.05) is 12.0 Å². The van der Waals surface area contributed by atoms with E-state index < -0.39 is 24.1 Å². The second-order valence-corrected chi connectivity index (χ2v) is 10.8. The van der Waals surface area contributed by atoms with Crippen LogP contribution in [0.25, 0.3) is 11.1 Å². The Balaban J connectivity index is 1.48. The minimum atomic E-state index is -1.05. The van der Waals surface area contributed by atoms with E-state index in [2.05, 4.69) is 17.4 Å². The lowest BCUT2D eigenvalue weighted by molar-refractivity contribution is -0.151. The van der Waals surface area contributed by atoms with Gasteiger partial charge in [0.05, 0.1) is 0 Å². The van der Waals surface area contributed by atoms with Crippen LogP contribution in [0.15, 0.2) is 48.5 Å². The third-order valence-electron chi connectivity index (χ3n) is 6.72. The molecule has 0 heterocycles. The number of rotatable bonds is 8. The highest BCUT2D eigenvalue weighted by atomic mass is 16.5. The number of hydrogen-bond donors (Lipinski definition) is 2. The molecule has 186 valence electrons. The van der Waals surface area contributed by atoms with Crippen molar-refractivity contribution in [2.75, 3.05) is 6.61 Å². The van der Waals surface area contributed by atoms with Crippen LogP contribution in [0.4, 0.5) is 4.79 Å². The SMILES string of the molecule is CC(C(=O)O)N(C(=O)C(CC(C)(C)C)NC(=O)OCC1c2ccccc2-c2ccccc21)C1CC1. The minimum absolute atomic E-state index is 0.0834. The van der Waals surface area contributed by atoms with E-state index >= 15 is 0 Å². The van der Waals surface area contributed by atoms with Gasteiger partial charge < -0.3 is 20.1 Å². The number of carbonyl (C=O) groups is 3. The lowest BCUT2D eigenvalue weighted by atomic mass is 9.87. The molecule has 7 nitrogen and oxygen atoms in total. The van der Waals surface area contributed by atoms with E-state index in [0.717, 1.165) is 35.1 Å². The summed E-state index contributed by atoms with van der Waals surface area (Å²) in [6.07, 6.45) is 1.24. The molecule has 35 heavy (non-hydrogen) atoms. The number of carbonyl (C=O) groups excluding carboxylic acids is 2. The molecule has 2 aliphatic rings. The summed E-state index contributed by atoms with van der Waals surface area (Å²) in [5.74, 6) is -1.51. The molecule has 2 aromatic rings. The standard InChI is InChI=1S/C28H34N2O5/c1-17(26(32)33)30(18-13-14-18)25(31)24(15-28(2,3)4)29-27(34)35-16-23-21-11-7-5-9-19(21)20-10-6-8-12-22(20)23/h5-12,17-18,23-24H,13-16H2,1-4H3,(H,29,34)(H,32,33). The van der Waals surface area contributed by atoms with E-state index in [9.17, 15) is 19.5 Å². The average Bonchev–Trinajstić information content (AvgIpc) is 3.58. The van der Waals surface area contributed by atoms with Gasteiger partial charge in [-0.3, -0.25) is 4.79 Å². The van der Waals surface area contributed by atoms with Crippen LogP contribution >= 0.6 is 0 Å². The van der Waals surface area contributed by atoms with Gasteiger partial charge in [0.15, 0.2) is 0 Å². The van der Waals surface area contributed by atoms with Crippen LogP contribution in [0.3, 0.4) is 0 Å². The molecular weight excluding hydrogens is 444 g/mol. The predicted octanol–water partition coefficient (Wildman–Crippen LogP) is 4.79. The monoisotopic (exact) mass is 478 g/mol. The first-order valence-electron chi connectivity index (χ1n) is 12.2. The lowest BCUT2D eigenvalue weighted by Crippen LogP contribution is -2.55.